The van der Waals surface area contributed by atoms with Crippen LogP contribution in [-0.4, -0.2) is 55.4 Å². The van der Waals surface area contributed by atoms with Crippen molar-refractivity contribution in [1.29, 1.82) is 0 Å². The topological polar surface area (TPSA) is 52.6 Å². The van der Waals surface area contributed by atoms with Crippen molar-refractivity contribution in [2.75, 3.05) is 27.2 Å². The van der Waals surface area contributed by atoms with Crippen LogP contribution in [0.15, 0.2) is 0 Å². The number of aliphatic hydroxyl groups excluding tert-OH is 1. The molecule has 0 spiro atoms. The van der Waals surface area contributed by atoms with E-state index >= 15 is 0 Å². The Kier molecular flexibility index (Phi) is 5.59. The molecule has 0 aliphatic rings. The number of nitrogens with zero attached hydrogens (tertiary/aromatic N) is 1. The monoisotopic (exact) mass is 228 g/mol. The average Bonchev–Trinajstić information content (AvgIpc) is 2.12. The predicted octanol–water partition coefficient (Wildman–Crippen LogP) is -0.0225. The number of carbonyl (C=O) groups excluding carboxylic acids is 1. The van der Waals surface area contributed by atoms with Gasteiger partial charge in [-0.05, 0) is 7.05 Å². The third kappa shape index (κ3) is 6.29. The van der Waals surface area contributed by atoms with Gasteiger partial charge in [-0.2, -0.15) is 13.2 Å². The van der Waals surface area contributed by atoms with Crippen LogP contribution < -0.4 is 5.32 Å². The molecule has 1 atom stereocenters. The van der Waals surface area contributed by atoms with E-state index in [2.05, 4.69) is 5.32 Å². The number of hydrogen-bond donors (Lipinski definition) is 2. The quantitative estimate of drug-likeness (QED) is 0.695. The Morgan fingerprint density at radius 1 is 1.53 bits per heavy atom. The molecule has 0 aromatic rings. The SMILES string of the molecule is CNC(=O)CCN(C)CC(O)C(F)(F)F. The highest BCUT2D eigenvalue weighted by Crippen LogP contribution is 2.20. The molecule has 0 radical (unpaired) electrons. The van der Waals surface area contributed by atoms with E-state index in [0.29, 0.717) is 0 Å². The molecule has 15 heavy (non-hydrogen) atoms. The Bertz CT molecular complexity index is 209. The summed E-state index contributed by atoms with van der Waals surface area (Å²) in [6.07, 6.45) is -6.87. The number of aliphatic hydroxyl groups is 1. The molecule has 2 N–H and O–H groups in total. The summed E-state index contributed by atoms with van der Waals surface area (Å²) in [5.41, 5.74) is 0. The molecule has 0 aliphatic carbocycles. The minimum atomic E-state index is -4.61. The highest BCUT2D eigenvalue weighted by atomic mass is 19.4. The van der Waals surface area contributed by atoms with Gasteiger partial charge in [0.25, 0.3) is 0 Å². The fourth-order valence-corrected chi connectivity index (χ4v) is 0.907. The molecular weight excluding hydrogens is 213 g/mol. The second-order valence-corrected chi connectivity index (χ2v) is 3.24. The molecule has 0 fully saturated rings. The van der Waals surface area contributed by atoms with E-state index in [-0.39, 0.29) is 18.9 Å². The summed E-state index contributed by atoms with van der Waals surface area (Å²) < 4.78 is 35.8. The zero-order valence-corrected chi connectivity index (χ0v) is 8.64. The van der Waals surface area contributed by atoms with Crippen molar-refractivity contribution in [3.8, 4) is 0 Å². The highest BCUT2D eigenvalue weighted by Gasteiger charge is 2.38. The van der Waals surface area contributed by atoms with Crippen LogP contribution in [0.5, 0.6) is 0 Å². The maximum Gasteiger partial charge on any atom is 0.415 e. The third-order valence-corrected chi connectivity index (χ3v) is 1.86. The number of carbonyl (C=O) groups is 1. The molecule has 0 heterocycles. The Morgan fingerprint density at radius 2 is 2.07 bits per heavy atom. The summed E-state index contributed by atoms with van der Waals surface area (Å²) >= 11 is 0. The zero-order chi connectivity index (χ0) is 12.1. The van der Waals surface area contributed by atoms with Gasteiger partial charge < -0.3 is 15.3 Å². The standard InChI is InChI=1S/C8H15F3N2O2/c1-12-7(15)3-4-13(2)5-6(14)8(9,10)11/h6,14H,3-5H2,1-2H3,(H,12,15). The van der Waals surface area contributed by atoms with Gasteiger partial charge in [0, 0.05) is 26.6 Å². The van der Waals surface area contributed by atoms with Crippen molar-refractivity contribution in [2.24, 2.45) is 0 Å². The molecule has 0 saturated heterocycles. The predicted molar refractivity (Wildman–Crippen MR) is 48.2 cm³/mol. The lowest BCUT2D eigenvalue weighted by atomic mass is 10.3. The summed E-state index contributed by atoms with van der Waals surface area (Å²) in [7, 11) is 2.87. The van der Waals surface area contributed by atoms with Gasteiger partial charge in [0.2, 0.25) is 5.91 Å². The maximum absolute atomic E-state index is 11.9. The van der Waals surface area contributed by atoms with E-state index in [1.165, 1.54) is 19.0 Å². The molecule has 4 nitrogen and oxygen atoms in total. The number of halogens is 3. The lowest BCUT2D eigenvalue weighted by Gasteiger charge is -2.21. The molecule has 0 saturated carbocycles. The number of amides is 1. The second kappa shape index (κ2) is 5.92. The Hall–Kier alpha value is -0.820. The van der Waals surface area contributed by atoms with Crippen LogP contribution in [0.3, 0.4) is 0 Å². The van der Waals surface area contributed by atoms with Crippen LogP contribution in [-0.2, 0) is 4.79 Å². The number of nitrogens with one attached hydrogen (secondary N) is 1. The van der Waals surface area contributed by atoms with Gasteiger partial charge in [-0.15, -0.1) is 0 Å². The number of likely N-dealkylation sites (N-methyl/N-ethyl adjacent to an activating group) is 1. The van der Waals surface area contributed by atoms with Crippen molar-refractivity contribution >= 4 is 5.91 Å². The summed E-state index contributed by atoms with van der Waals surface area (Å²) in [5, 5.41) is 11.1. The fourth-order valence-electron chi connectivity index (χ4n) is 0.907. The first-order chi connectivity index (χ1) is 6.77. The third-order valence-electron chi connectivity index (χ3n) is 1.86. The van der Waals surface area contributed by atoms with Gasteiger partial charge in [-0.25, -0.2) is 0 Å². The number of rotatable bonds is 5. The van der Waals surface area contributed by atoms with Crippen LogP contribution >= 0.6 is 0 Å². The lowest BCUT2D eigenvalue weighted by Crippen LogP contribution is -2.40. The largest absolute Gasteiger partial charge is 0.415 e. The zero-order valence-electron chi connectivity index (χ0n) is 8.64. The van der Waals surface area contributed by atoms with E-state index in [9.17, 15) is 18.0 Å². The number of hydrogen-bond acceptors (Lipinski definition) is 3. The van der Waals surface area contributed by atoms with Gasteiger partial charge >= 0.3 is 6.18 Å². The fraction of sp³-hybridized carbons (Fsp3) is 0.875. The number of alkyl halides is 3. The van der Waals surface area contributed by atoms with Gasteiger partial charge in [-0.3, -0.25) is 4.79 Å². The second-order valence-electron chi connectivity index (χ2n) is 3.24. The summed E-state index contributed by atoms with van der Waals surface area (Å²) in [4.78, 5) is 12.0. The molecule has 0 bridgehead atoms. The normalized spacial score (nSPS) is 14.1. The smallest absolute Gasteiger partial charge is 0.382 e. The molecule has 0 aromatic carbocycles. The Labute approximate surface area is 86.1 Å². The average molecular weight is 228 g/mol. The molecule has 0 aliphatic heterocycles. The minimum Gasteiger partial charge on any atom is -0.382 e. The molecular formula is C8H15F3N2O2. The summed E-state index contributed by atoms with van der Waals surface area (Å²) in [6.45, 7) is -0.354. The maximum atomic E-state index is 11.9. The van der Waals surface area contributed by atoms with E-state index in [1.54, 1.807) is 0 Å². The lowest BCUT2D eigenvalue weighted by molar-refractivity contribution is -0.207. The molecule has 90 valence electrons. The van der Waals surface area contributed by atoms with Gasteiger partial charge in [0.1, 0.15) is 0 Å². The first kappa shape index (κ1) is 14.2. The molecule has 7 heteroatoms. The van der Waals surface area contributed by atoms with Crippen LogP contribution in [0.25, 0.3) is 0 Å². The van der Waals surface area contributed by atoms with Crippen LogP contribution in [0.1, 0.15) is 6.42 Å². The van der Waals surface area contributed by atoms with Crippen molar-refractivity contribution in [1.82, 2.24) is 10.2 Å². The van der Waals surface area contributed by atoms with Crippen molar-refractivity contribution < 1.29 is 23.1 Å². The van der Waals surface area contributed by atoms with Gasteiger partial charge in [-0.1, -0.05) is 0 Å². The molecule has 1 unspecified atom stereocenters. The van der Waals surface area contributed by atoms with Crippen LogP contribution in [0.2, 0.25) is 0 Å². The van der Waals surface area contributed by atoms with Crippen LogP contribution in [0.4, 0.5) is 13.2 Å². The van der Waals surface area contributed by atoms with E-state index in [4.69, 9.17) is 5.11 Å². The first-order valence-corrected chi connectivity index (χ1v) is 4.41. The van der Waals surface area contributed by atoms with Gasteiger partial charge in [0.15, 0.2) is 6.10 Å². The molecule has 0 rings (SSSR count). The summed E-state index contributed by atoms with van der Waals surface area (Å²) in [6, 6.07) is 0. The van der Waals surface area contributed by atoms with E-state index in [1.807, 2.05) is 0 Å². The van der Waals surface area contributed by atoms with Crippen molar-refractivity contribution in [2.45, 2.75) is 18.7 Å². The molecule has 1 amide bonds. The van der Waals surface area contributed by atoms with E-state index in [0.717, 1.165) is 0 Å². The van der Waals surface area contributed by atoms with Gasteiger partial charge in [0.05, 0.1) is 0 Å². The Morgan fingerprint density at radius 3 is 2.47 bits per heavy atom. The molecule has 0 aromatic heterocycles. The van der Waals surface area contributed by atoms with Crippen LogP contribution in [0, 0.1) is 0 Å². The van der Waals surface area contributed by atoms with Crippen molar-refractivity contribution in [3.05, 3.63) is 0 Å². The first-order valence-electron chi connectivity index (χ1n) is 4.41. The summed E-state index contributed by atoms with van der Waals surface area (Å²) in [5.74, 6) is -0.247. The Balaban J connectivity index is 3.84. The minimum absolute atomic E-state index is 0.109. The highest BCUT2D eigenvalue weighted by molar-refractivity contribution is 5.75. The van der Waals surface area contributed by atoms with Crippen molar-refractivity contribution in [3.63, 3.8) is 0 Å². The van der Waals surface area contributed by atoms with E-state index < -0.39 is 18.8 Å².